The van der Waals surface area contributed by atoms with Crippen molar-refractivity contribution in [3.05, 3.63) is 78.1 Å². The maximum Gasteiger partial charge on any atom is 0.414 e. The normalized spacial score (nSPS) is 16.6. The van der Waals surface area contributed by atoms with Crippen molar-refractivity contribution in [1.82, 2.24) is 9.80 Å². The van der Waals surface area contributed by atoms with Gasteiger partial charge in [-0.2, -0.15) is 0 Å². The fourth-order valence-corrected chi connectivity index (χ4v) is 5.14. The van der Waals surface area contributed by atoms with E-state index in [0.29, 0.717) is 31.9 Å². The van der Waals surface area contributed by atoms with Gasteiger partial charge in [-0.3, -0.25) is 9.69 Å². The van der Waals surface area contributed by atoms with E-state index in [4.69, 9.17) is 19.8 Å². The molecule has 2 fully saturated rings. The molecule has 38 heavy (non-hydrogen) atoms. The number of piperidine rings is 1. The van der Waals surface area contributed by atoms with Gasteiger partial charge in [0.25, 0.3) is 0 Å². The molecule has 2 aliphatic heterocycles. The van der Waals surface area contributed by atoms with Crippen molar-refractivity contribution >= 4 is 34.3 Å². The highest BCUT2D eigenvalue weighted by molar-refractivity contribution is 6.27. The van der Waals surface area contributed by atoms with Crippen molar-refractivity contribution in [1.29, 1.82) is 0 Å². The maximum atomic E-state index is 14.1. The van der Waals surface area contributed by atoms with Crippen LogP contribution in [0.5, 0.6) is 0 Å². The van der Waals surface area contributed by atoms with E-state index >= 15 is 0 Å². The Hall–Kier alpha value is -3.98. The first-order valence-corrected chi connectivity index (χ1v) is 12.8. The van der Waals surface area contributed by atoms with Crippen LogP contribution in [0.25, 0.3) is 10.8 Å². The van der Waals surface area contributed by atoms with Gasteiger partial charge < -0.3 is 20.0 Å². The number of para-hydroxylation sites is 1. The van der Waals surface area contributed by atoms with Crippen LogP contribution < -0.4 is 4.90 Å². The zero-order valence-corrected chi connectivity index (χ0v) is 21.1. The number of rotatable bonds is 4. The number of hydrogen-bond donors (Lipinski definition) is 2. The summed E-state index contributed by atoms with van der Waals surface area (Å²) in [5.41, 5.74) is 2.00. The van der Waals surface area contributed by atoms with Crippen molar-refractivity contribution in [2.75, 3.05) is 44.2 Å². The lowest BCUT2D eigenvalue weighted by molar-refractivity contribution is -0.159. The first kappa shape index (κ1) is 27.1. The molecule has 5 rings (SSSR count). The first-order valence-electron chi connectivity index (χ1n) is 12.8. The van der Waals surface area contributed by atoms with Crippen molar-refractivity contribution in [3.8, 4) is 0 Å². The minimum atomic E-state index is -1.82. The molecule has 3 aromatic rings. The van der Waals surface area contributed by atoms with Gasteiger partial charge in [0.2, 0.25) is 5.91 Å². The Morgan fingerprint density at radius 1 is 0.763 bits per heavy atom. The number of carboxylic acid groups (broad SMARTS) is 2. The number of amides is 1. The molecule has 3 aromatic carbocycles. The summed E-state index contributed by atoms with van der Waals surface area (Å²) in [6.07, 6.45) is 1.83. The molecular weight excluding hydrogens is 489 g/mol. The molecule has 200 valence electrons. The fourth-order valence-electron chi connectivity index (χ4n) is 5.14. The zero-order valence-electron chi connectivity index (χ0n) is 21.1. The summed E-state index contributed by atoms with van der Waals surface area (Å²) in [7, 11) is 0. The number of carboxylic acids is 2. The Bertz CT molecular complexity index is 1270. The average Bonchev–Trinajstić information content (AvgIpc) is 2.94. The van der Waals surface area contributed by atoms with Crippen LogP contribution in [0.1, 0.15) is 18.4 Å². The van der Waals surface area contributed by atoms with E-state index in [1.807, 2.05) is 21.9 Å². The second-order valence-corrected chi connectivity index (χ2v) is 9.56. The van der Waals surface area contributed by atoms with Gasteiger partial charge >= 0.3 is 11.9 Å². The molecule has 0 bridgehead atoms. The second-order valence-electron chi connectivity index (χ2n) is 9.56. The Morgan fingerprint density at radius 3 is 2.03 bits per heavy atom. The molecule has 2 aliphatic rings. The van der Waals surface area contributed by atoms with Gasteiger partial charge in [-0.15, -0.1) is 0 Å². The van der Waals surface area contributed by atoms with Crippen LogP contribution in [0.2, 0.25) is 0 Å². The Balaban J connectivity index is 0.000000505. The minimum absolute atomic E-state index is 0.110. The van der Waals surface area contributed by atoms with Crippen LogP contribution in [0.15, 0.2) is 66.7 Å². The van der Waals surface area contributed by atoms with E-state index < -0.39 is 11.9 Å². The number of likely N-dealkylation sites (tertiary alicyclic amines) is 1. The van der Waals surface area contributed by atoms with Crippen LogP contribution in [0.4, 0.5) is 10.1 Å². The number of fused-ring (bicyclic) bond motifs is 1. The van der Waals surface area contributed by atoms with Crippen molar-refractivity contribution in [2.24, 2.45) is 5.92 Å². The highest BCUT2D eigenvalue weighted by atomic mass is 19.1. The third-order valence-electron chi connectivity index (χ3n) is 7.18. The molecule has 8 nitrogen and oxygen atoms in total. The molecule has 2 heterocycles. The van der Waals surface area contributed by atoms with E-state index in [9.17, 15) is 9.18 Å². The summed E-state index contributed by atoms with van der Waals surface area (Å²) in [4.78, 5) is 37.8. The van der Waals surface area contributed by atoms with Crippen LogP contribution in [-0.2, 0) is 20.9 Å². The van der Waals surface area contributed by atoms with E-state index in [0.717, 1.165) is 32.5 Å². The Labute approximate surface area is 220 Å². The van der Waals surface area contributed by atoms with Crippen molar-refractivity contribution in [3.63, 3.8) is 0 Å². The van der Waals surface area contributed by atoms with Crippen molar-refractivity contribution in [2.45, 2.75) is 19.4 Å². The van der Waals surface area contributed by atoms with Gasteiger partial charge in [0, 0.05) is 38.6 Å². The molecule has 9 heteroatoms. The average molecular weight is 522 g/mol. The Morgan fingerprint density at radius 2 is 1.37 bits per heavy atom. The molecule has 2 saturated heterocycles. The predicted molar refractivity (Wildman–Crippen MR) is 142 cm³/mol. The molecule has 0 spiro atoms. The smallest absolute Gasteiger partial charge is 0.414 e. The van der Waals surface area contributed by atoms with Gasteiger partial charge in [0.1, 0.15) is 5.82 Å². The number of anilines is 1. The SMILES string of the molecule is O=C(C1CCN(Cc2cccc3ccccc23)CC1)N1CCN(c2ccccc2F)CC1.O=C(O)C(=O)O. The van der Waals surface area contributed by atoms with Crippen LogP contribution in [-0.4, -0.2) is 77.1 Å². The van der Waals surface area contributed by atoms with Gasteiger partial charge in [0.05, 0.1) is 5.69 Å². The minimum Gasteiger partial charge on any atom is -0.473 e. The summed E-state index contributed by atoms with van der Waals surface area (Å²) in [5, 5.41) is 17.4. The number of carbonyl (C=O) groups is 3. The number of benzene rings is 3. The Kier molecular flexibility index (Phi) is 8.91. The van der Waals surface area contributed by atoms with Crippen molar-refractivity contribution < 1.29 is 29.0 Å². The number of hydrogen-bond acceptors (Lipinski definition) is 5. The summed E-state index contributed by atoms with van der Waals surface area (Å²) in [6, 6.07) is 21.9. The quantitative estimate of drug-likeness (QED) is 0.505. The highest BCUT2D eigenvalue weighted by Crippen LogP contribution is 2.26. The summed E-state index contributed by atoms with van der Waals surface area (Å²) >= 11 is 0. The number of aliphatic carboxylic acids is 2. The summed E-state index contributed by atoms with van der Waals surface area (Å²) in [6.45, 7) is 5.55. The second kappa shape index (κ2) is 12.5. The topological polar surface area (TPSA) is 101 Å². The van der Waals surface area contributed by atoms with Gasteiger partial charge in [0.15, 0.2) is 0 Å². The standard InChI is InChI=1S/C27H30FN3O.C2H2O4/c28-25-10-3-4-11-26(25)30-16-18-31(19-17-30)27(32)22-12-14-29(15-13-22)20-23-8-5-7-21-6-1-2-9-24(21)23;3-1(4)2(5)6/h1-11,22H,12-20H2;(H,3,4)(H,5,6). The molecule has 0 radical (unpaired) electrons. The summed E-state index contributed by atoms with van der Waals surface area (Å²) in [5.74, 6) is -3.45. The molecule has 0 aromatic heterocycles. The molecule has 0 unspecified atom stereocenters. The van der Waals surface area contributed by atoms with E-state index in [1.54, 1.807) is 6.07 Å². The largest absolute Gasteiger partial charge is 0.473 e. The lowest BCUT2D eigenvalue weighted by Crippen LogP contribution is -2.51. The number of piperazine rings is 1. The van der Waals surface area contributed by atoms with Crippen LogP contribution in [0.3, 0.4) is 0 Å². The molecule has 1 amide bonds. The number of carbonyl (C=O) groups excluding carboxylic acids is 1. The molecular formula is C29H32FN3O5. The maximum absolute atomic E-state index is 14.1. The fraction of sp³-hybridized carbons (Fsp3) is 0.345. The van der Waals surface area contributed by atoms with Crippen LogP contribution in [0, 0.1) is 11.7 Å². The molecule has 2 N–H and O–H groups in total. The summed E-state index contributed by atoms with van der Waals surface area (Å²) < 4.78 is 14.1. The third kappa shape index (κ3) is 6.66. The lowest BCUT2D eigenvalue weighted by Gasteiger charge is -2.39. The van der Waals surface area contributed by atoms with E-state index in [-0.39, 0.29) is 17.6 Å². The number of nitrogens with zero attached hydrogens (tertiary/aromatic N) is 3. The molecule has 0 atom stereocenters. The molecule has 0 aliphatic carbocycles. The highest BCUT2D eigenvalue weighted by Gasteiger charge is 2.31. The van der Waals surface area contributed by atoms with Gasteiger partial charge in [-0.1, -0.05) is 54.6 Å². The van der Waals surface area contributed by atoms with E-state index in [2.05, 4.69) is 47.4 Å². The van der Waals surface area contributed by atoms with Gasteiger partial charge in [-0.05, 0) is 54.4 Å². The zero-order chi connectivity index (χ0) is 27.1. The third-order valence-corrected chi connectivity index (χ3v) is 7.18. The van der Waals surface area contributed by atoms with Gasteiger partial charge in [-0.25, -0.2) is 14.0 Å². The predicted octanol–water partition coefficient (Wildman–Crippen LogP) is 3.70. The first-order chi connectivity index (χ1) is 18.3. The van der Waals surface area contributed by atoms with Crippen LogP contribution >= 0.6 is 0 Å². The lowest BCUT2D eigenvalue weighted by atomic mass is 9.94. The number of halogens is 1. The monoisotopic (exact) mass is 521 g/mol. The van der Waals surface area contributed by atoms with E-state index in [1.165, 1.54) is 22.4 Å². The molecule has 0 saturated carbocycles.